The van der Waals surface area contributed by atoms with Crippen LogP contribution in [-0.4, -0.2) is 38.1 Å². The van der Waals surface area contributed by atoms with E-state index in [9.17, 15) is 14.0 Å². The Balaban J connectivity index is 1.24. The number of hydrogen-bond acceptors (Lipinski definition) is 6. The minimum atomic E-state index is -0.678. The molecule has 35 heavy (non-hydrogen) atoms. The van der Waals surface area contributed by atoms with Crippen molar-refractivity contribution in [3.8, 4) is 0 Å². The number of carbonyl (C=O) groups is 2. The van der Waals surface area contributed by atoms with Crippen LogP contribution in [0.5, 0.6) is 0 Å². The van der Waals surface area contributed by atoms with Gasteiger partial charge in [-0.25, -0.2) is 4.39 Å². The molecule has 8 nitrogen and oxygen atoms in total. The number of hydrogen-bond donors (Lipinski definition) is 2. The quantitative estimate of drug-likeness (QED) is 0.374. The molecule has 3 aromatic heterocycles. The molecule has 2 N–H and O–H groups in total. The lowest BCUT2D eigenvalue weighted by molar-refractivity contribution is -0.112. The Bertz CT molecular complexity index is 1590. The molecule has 9 heteroatoms. The summed E-state index contributed by atoms with van der Waals surface area (Å²) >= 11 is 0. The van der Waals surface area contributed by atoms with E-state index >= 15 is 0 Å². The number of furan rings is 1. The summed E-state index contributed by atoms with van der Waals surface area (Å²) in [6.45, 7) is 0.546. The second kappa shape index (κ2) is 8.35. The molecule has 0 saturated carbocycles. The molecule has 1 aliphatic heterocycles. The highest BCUT2D eigenvalue weighted by atomic mass is 19.1. The van der Waals surface area contributed by atoms with Gasteiger partial charge in [-0.05, 0) is 48.0 Å². The average molecular weight is 469 g/mol. The zero-order valence-electron chi connectivity index (χ0n) is 18.5. The van der Waals surface area contributed by atoms with Gasteiger partial charge in [0.1, 0.15) is 12.1 Å². The van der Waals surface area contributed by atoms with Crippen LogP contribution in [0.2, 0.25) is 0 Å². The number of nitrogens with zero attached hydrogens (tertiary/aromatic N) is 3. The molecule has 4 heterocycles. The number of nitrogens with one attached hydrogen (secondary N) is 2. The molecule has 0 saturated heterocycles. The van der Waals surface area contributed by atoms with Gasteiger partial charge in [0.15, 0.2) is 5.76 Å². The standard InChI is InChI=1S/C26H20FN5O3/c27-16-1-3-21-19(9-16)20-11-18(14-33)32(13-24(20)31-21)26(34)25-15(5-8-35-25)12-30-17-2-4-22-23(10-17)29-7-6-28-22/h1-10,14,18,30-31H,11-13H2. The molecule has 6 rings (SSSR count). The van der Waals surface area contributed by atoms with E-state index in [1.807, 2.05) is 18.2 Å². The zero-order valence-corrected chi connectivity index (χ0v) is 18.5. The molecule has 174 valence electrons. The Hall–Kier alpha value is -4.53. The Kier molecular flexibility index (Phi) is 5.02. The molecule has 1 amide bonds. The minimum absolute atomic E-state index is 0.176. The zero-order chi connectivity index (χ0) is 23.9. The fraction of sp³-hybridized carbons (Fsp3) is 0.154. The second-order valence-corrected chi connectivity index (χ2v) is 8.50. The lowest BCUT2D eigenvalue weighted by Gasteiger charge is -2.32. The largest absolute Gasteiger partial charge is 0.459 e. The second-order valence-electron chi connectivity index (χ2n) is 8.50. The molecule has 1 aliphatic rings. The highest BCUT2D eigenvalue weighted by Crippen LogP contribution is 2.31. The van der Waals surface area contributed by atoms with Crippen LogP contribution < -0.4 is 5.32 Å². The van der Waals surface area contributed by atoms with E-state index in [1.54, 1.807) is 24.5 Å². The predicted octanol–water partition coefficient (Wildman–Crippen LogP) is 4.22. The van der Waals surface area contributed by atoms with Crippen molar-refractivity contribution in [3.05, 3.63) is 89.5 Å². The Morgan fingerprint density at radius 3 is 2.89 bits per heavy atom. The Morgan fingerprint density at radius 2 is 2.03 bits per heavy atom. The fourth-order valence-electron chi connectivity index (χ4n) is 4.66. The van der Waals surface area contributed by atoms with Gasteiger partial charge in [0.05, 0.1) is 29.9 Å². The van der Waals surface area contributed by atoms with Crippen LogP contribution in [0.25, 0.3) is 21.9 Å². The van der Waals surface area contributed by atoms with E-state index in [4.69, 9.17) is 4.42 Å². The predicted molar refractivity (Wildman–Crippen MR) is 127 cm³/mol. The van der Waals surface area contributed by atoms with Crippen molar-refractivity contribution < 1.29 is 18.4 Å². The summed E-state index contributed by atoms with van der Waals surface area (Å²) in [6.07, 6.45) is 5.81. The molecule has 0 fully saturated rings. The van der Waals surface area contributed by atoms with Crippen molar-refractivity contribution in [3.63, 3.8) is 0 Å². The molecule has 0 spiro atoms. The lowest BCUT2D eigenvalue weighted by atomic mass is 9.97. The van der Waals surface area contributed by atoms with Gasteiger partial charge in [-0.1, -0.05) is 0 Å². The molecule has 2 aromatic carbocycles. The van der Waals surface area contributed by atoms with Gasteiger partial charge < -0.3 is 24.4 Å². The number of rotatable bonds is 5. The van der Waals surface area contributed by atoms with Gasteiger partial charge in [0.2, 0.25) is 0 Å². The number of halogens is 1. The molecule has 0 aliphatic carbocycles. The summed E-state index contributed by atoms with van der Waals surface area (Å²) in [5.74, 6) is -0.536. The third-order valence-corrected chi connectivity index (χ3v) is 6.41. The normalized spacial score (nSPS) is 15.3. The first-order valence-electron chi connectivity index (χ1n) is 11.2. The third kappa shape index (κ3) is 3.71. The summed E-state index contributed by atoms with van der Waals surface area (Å²) in [6, 6.07) is 11.2. The lowest BCUT2D eigenvalue weighted by Crippen LogP contribution is -2.45. The molecule has 5 aromatic rings. The van der Waals surface area contributed by atoms with Crippen molar-refractivity contribution in [2.24, 2.45) is 0 Å². The van der Waals surface area contributed by atoms with E-state index in [0.717, 1.165) is 45.2 Å². The van der Waals surface area contributed by atoms with Gasteiger partial charge in [0.25, 0.3) is 5.91 Å². The summed E-state index contributed by atoms with van der Waals surface area (Å²) < 4.78 is 19.4. The van der Waals surface area contributed by atoms with Crippen molar-refractivity contribution in [2.45, 2.75) is 25.6 Å². The minimum Gasteiger partial charge on any atom is -0.459 e. The fourth-order valence-corrected chi connectivity index (χ4v) is 4.66. The highest BCUT2D eigenvalue weighted by Gasteiger charge is 2.34. The number of amides is 1. The first-order valence-corrected chi connectivity index (χ1v) is 11.2. The molecule has 0 radical (unpaired) electrons. The summed E-state index contributed by atoms with van der Waals surface area (Å²) in [7, 11) is 0. The van der Waals surface area contributed by atoms with Crippen molar-refractivity contribution >= 4 is 39.8 Å². The molecular formula is C26H20FN5O3. The van der Waals surface area contributed by atoms with Gasteiger partial charge >= 0.3 is 0 Å². The van der Waals surface area contributed by atoms with Crippen molar-refractivity contribution in [1.82, 2.24) is 19.9 Å². The Labute approximate surface area is 198 Å². The number of aldehydes is 1. The van der Waals surface area contributed by atoms with E-state index < -0.39 is 6.04 Å². The summed E-state index contributed by atoms with van der Waals surface area (Å²) in [5.41, 5.74) is 5.48. The number of aromatic nitrogens is 3. The van der Waals surface area contributed by atoms with Crippen molar-refractivity contribution in [2.75, 3.05) is 5.32 Å². The number of fused-ring (bicyclic) bond motifs is 4. The highest BCUT2D eigenvalue weighted by molar-refractivity contribution is 5.95. The maximum Gasteiger partial charge on any atom is 0.290 e. The van der Waals surface area contributed by atoms with E-state index in [-0.39, 0.29) is 24.0 Å². The van der Waals surface area contributed by atoms with Crippen LogP contribution in [0.1, 0.15) is 27.4 Å². The molecule has 1 unspecified atom stereocenters. The average Bonchev–Trinajstić information content (AvgIpc) is 3.50. The number of carbonyl (C=O) groups excluding carboxylic acids is 2. The molecule has 1 atom stereocenters. The first-order chi connectivity index (χ1) is 17.1. The van der Waals surface area contributed by atoms with Gasteiger partial charge in [-0.2, -0.15) is 0 Å². The maximum absolute atomic E-state index is 13.8. The van der Waals surface area contributed by atoms with Crippen LogP contribution in [0.3, 0.4) is 0 Å². The summed E-state index contributed by atoms with van der Waals surface area (Å²) in [4.78, 5) is 38.8. The smallest absolute Gasteiger partial charge is 0.290 e. The van der Waals surface area contributed by atoms with Crippen LogP contribution in [0.15, 0.2) is 65.5 Å². The SMILES string of the molecule is O=CC1Cc2c([nH]c3ccc(F)cc23)CN1C(=O)c1occc1CNc1ccc2nccnc2c1. The summed E-state index contributed by atoms with van der Waals surface area (Å²) in [5, 5.41) is 4.03. The Morgan fingerprint density at radius 1 is 1.17 bits per heavy atom. The molecular weight excluding hydrogens is 449 g/mol. The number of H-pyrrole nitrogens is 1. The van der Waals surface area contributed by atoms with Crippen LogP contribution in [0.4, 0.5) is 10.1 Å². The third-order valence-electron chi connectivity index (χ3n) is 6.41. The van der Waals surface area contributed by atoms with Crippen LogP contribution in [0, 0.1) is 5.82 Å². The molecule has 0 bridgehead atoms. The number of anilines is 1. The topological polar surface area (TPSA) is 104 Å². The van der Waals surface area contributed by atoms with Crippen molar-refractivity contribution in [1.29, 1.82) is 0 Å². The van der Waals surface area contributed by atoms with Gasteiger partial charge in [-0.15, -0.1) is 0 Å². The first kappa shape index (κ1) is 21.0. The number of benzene rings is 2. The van der Waals surface area contributed by atoms with Crippen LogP contribution >= 0.6 is 0 Å². The van der Waals surface area contributed by atoms with Gasteiger partial charge in [-0.3, -0.25) is 14.8 Å². The van der Waals surface area contributed by atoms with Crippen LogP contribution in [-0.2, 0) is 24.3 Å². The monoisotopic (exact) mass is 469 g/mol. The number of aromatic amines is 1. The maximum atomic E-state index is 13.8. The van der Waals surface area contributed by atoms with Gasteiger partial charge in [0, 0.05) is 53.2 Å². The van der Waals surface area contributed by atoms with E-state index in [0.29, 0.717) is 18.5 Å². The van der Waals surface area contributed by atoms with E-state index in [1.165, 1.54) is 23.3 Å². The van der Waals surface area contributed by atoms with E-state index in [2.05, 4.69) is 20.3 Å².